The molecule has 0 aliphatic heterocycles. The molecule has 0 aliphatic carbocycles. The van der Waals surface area contributed by atoms with Crippen LogP contribution in [0.2, 0.25) is 0 Å². The topological polar surface area (TPSA) is 32.7 Å². The van der Waals surface area contributed by atoms with Gasteiger partial charge in [0.1, 0.15) is 17.3 Å². The van der Waals surface area contributed by atoms with Crippen molar-refractivity contribution in [3.05, 3.63) is 94.8 Å². The second-order valence-corrected chi connectivity index (χ2v) is 9.01. The number of hydrogen-bond donors (Lipinski definition) is 1. The minimum Gasteiger partial charge on any atom is -0.457 e. The Hall–Kier alpha value is -3.11. The second-order valence-electron chi connectivity index (χ2n) is 9.01. The average molecular weight is 529 g/mol. The summed E-state index contributed by atoms with van der Waals surface area (Å²) in [4.78, 5) is 1.11. The van der Waals surface area contributed by atoms with Crippen molar-refractivity contribution in [3.8, 4) is 11.5 Å². The molecule has 10 heteroatoms. The Morgan fingerprint density at radius 1 is 0.838 bits per heavy atom. The Bertz CT molecular complexity index is 1190. The number of aliphatic hydroxyl groups excluding tert-OH is 1. The highest BCUT2D eigenvalue weighted by molar-refractivity contribution is 5.37. The summed E-state index contributed by atoms with van der Waals surface area (Å²) in [5.74, 6) is 0.0486. The van der Waals surface area contributed by atoms with Crippen LogP contribution in [0, 0.1) is 5.82 Å². The standard InChI is InChI=1S/C27H26F7NO2/c1-17(2)19-6-4-8-23(12-19)37-22-7-3-5-18(11-22)14-35(16-25(36)27(32,33)34)15-20-9-10-21(13-24(20)28)26(29,30)31/h3-13,17,25,36H,14-16H2,1-2H3/t25-/m1/s1. The maximum absolute atomic E-state index is 14.4. The lowest BCUT2D eigenvalue weighted by Gasteiger charge is -2.27. The van der Waals surface area contributed by atoms with E-state index >= 15 is 0 Å². The SMILES string of the molecule is CC(C)c1cccc(Oc2cccc(CN(Cc3ccc(C(F)(F)F)cc3F)C[C@@H](O)C(F)(F)F)c2)c1. The number of ether oxygens (including phenoxy) is 1. The van der Waals surface area contributed by atoms with Crippen molar-refractivity contribution in [3.63, 3.8) is 0 Å². The zero-order chi connectivity index (χ0) is 27.4. The van der Waals surface area contributed by atoms with Crippen molar-refractivity contribution in [1.82, 2.24) is 4.90 Å². The molecule has 0 saturated heterocycles. The van der Waals surface area contributed by atoms with Gasteiger partial charge in [-0.1, -0.05) is 44.2 Å². The molecular weight excluding hydrogens is 503 g/mol. The van der Waals surface area contributed by atoms with Gasteiger partial charge in [0.15, 0.2) is 6.10 Å². The number of hydrogen-bond acceptors (Lipinski definition) is 3. The van der Waals surface area contributed by atoms with Gasteiger partial charge in [-0.15, -0.1) is 0 Å². The fourth-order valence-corrected chi connectivity index (χ4v) is 3.66. The summed E-state index contributed by atoms with van der Waals surface area (Å²) >= 11 is 0. The van der Waals surface area contributed by atoms with Crippen LogP contribution >= 0.6 is 0 Å². The van der Waals surface area contributed by atoms with Gasteiger partial charge in [0.2, 0.25) is 0 Å². The largest absolute Gasteiger partial charge is 0.457 e. The molecule has 37 heavy (non-hydrogen) atoms. The molecule has 1 N–H and O–H groups in total. The van der Waals surface area contributed by atoms with Crippen LogP contribution in [0.5, 0.6) is 11.5 Å². The van der Waals surface area contributed by atoms with Gasteiger partial charge in [0.25, 0.3) is 0 Å². The van der Waals surface area contributed by atoms with Crippen molar-refractivity contribution in [2.24, 2.45) is 0 Å². The van der Waals surface area contributed by atoms with Gasteiger partial charge in [0, 0.05) is 25.2 Å². The van der Waals surface area contributed by atoms with E-state index in [1.54, 1.807) is 30.3 Å². The average Bonchev–Trinajstić information content (AvgIpc) is 2.79. The van der Waals surface area contributed by atoms with E-state index in [0.717, 1.165) is 16.5 Å². The molecule has 0 aliphatic rings. The first-order valence-corrected chi connectivity index (χ1v) is 11.4. The third kappa shape index (κ3) is 8.19. The number of benzene rings is 3. The summed E-state index contributed by atoms with van der Waals surface area (Å²) in [6.07, 6.45) is -12.4. The molecule has 3 rings (SSSR count). The van der Waals surface area contributed by atoms with Gasteiger partial charge in [-0.3, -0.25) is 4.90 Å². The summed E-state index contributed by atoms with van der Waals surface area (Å²) in [7, 11) is 0. The van der Waals surface area contributed by atoms with Crippen molar-refractivity contribution >= 4 is 0 Å². The lowest BCUT2D eigenvalue weighted by atomic mass is 10.0. The van der Waals surface area contributed by atoms with Gasteiger partial charge in [-0.25, -0.2) is 4.39 Å². The summed E-state index contributed by atoms with van der Waals surface area (Å²) in [5, 5.41) is 9.62. The monoisotopic (exact) mass is 529 g/mol. The van der Waals surface area contributed by atoms with Gasteiger partial charge in [-0.2, -0.15) is 26.3 Å². The molecule has 0 spiro atoms. The van der Waals surface area contributed by atoms with Crippen LogP contribution in [0.1, 0.15) is 42.0 Å². The van der Waals surface area contributed by atoms with Gasteiger partial charge in [0.05, 0.1) is 5.56 Å². The molecule has 200 valence electrons. The predicted molar refractivity (Wildman–Crippen MR) is 125 cm³/mol. The normalized spacial score (nSPS) is 13.3. The summed E-state index contributed by atoms with van der Waals surface area (Å²) in [5.41, 5.74) is 0.112. The Balaban J connectivity index is 1.83. The molecule has 0 saturated carbocycles. The Morgan fingerprint density at radius 2 is 1.49 bits per heavy atom. The predicted octanol–water partition coefficient (Wildman–Crippen LogP) is 7.69. The maximum Gasteiger partial charge on any atom is 0.416 e. The number of aliphatic hydroxyl groups is 1. The van der Waals surface area contributed by atoms with Gasteiger partial charge in [-0.05, 0) is 53.4 Å². The molecule has 0 aromatic heterocycles. The lowest BCUT2D eigenvalue weighted by molar-refractivity contribution is -0.208. The fraction of sp³-hybridized carbons (Fsp3) is 0.333. The maximum atomic E-state index is 14.4. The summed E-state index contributed by atoms with van der Waals surface area (Å²) in [6.45, 7) is 2.54. The zero-order valence-electron chi connectivity index (χ0n) is 20.1. The van der Waals surface area contributed by atoms with Crippen LogP contribution < -0.4 is 4.74 Å². The lowest BCUT2D eigenvalue weighted by Crippen LogP contribution is -2.40. The highest BCUT2D eigenvalue weighted by Crippen LogP contribution is 2.31. The van der Waals surface area contributed by atoms with Crippen molar-refractivity contribution < 1.29 is 40.6 Å². The van der Waals surface area contributed by atoms with E-state index in [2.05, 4.69) is 0 Å². The van der Waals surface area contributed by atoms with Gasteiger partial charge < -0.3 is 9.84 Å². The first kappa shape index (κ1) is 28.5. The van der Waals surface area contributed by atoms with E-state index in [1.165, 1.54) is 0 Å². The summed E-state index contributed by atoms with van der Waals surface area (Å²) in [6, 6.07) is 15.8. The smallest absolute Gasteiger partial charge is 0.416 e. The van der Waals surface area contributed by atoms with Crippen LogP contribution in [0.25, 0.3) is 0 Å². The molecule has 0 radical (unpaired) electrons. The minimum atomic E-state index is -4.93. The number of alkyl halides is 6. The van der Waals surface area contributed by atoms with Crippen LogP contribution in [-0.4, -0.2) is 28.8 Å². The molecule has 1 atom stereocenters. The molecule has 3 aromatic carbocycles. The van der Waals surface area contributed by atoms with Gasteiger partial charge >= 0.3 is 12.4 Å². The zero-order valence-corrected chi connectivity index (χ0v) is 20.1. The van der Waals surface area contributed by atoms with E-state index in [0.29, 0.717) is 29.2 Å². The number of halogens is 7. The molecular formula is C27H26F7NO2. The fourth-order valence-electron chi connectivity index (χ4n) is 3.66. The third-order valence-corrected chi connectivity index (χ3v) is 5.65. The Kier molecular flexibility index (Phi) is 8.86. The molecule has 3 nitrogen and oxygen atoms in total. The highest BCUT2D eigenvalue weighted by atomic mass is 19.4. The Labute approximate surface area is 210 Å². The first-order valence-electron chi connectivity index (χ1n) is 11.4. The van der Waals surface area contributed by atoms with E-state index < -0.39 is 42.9 Å². The third-order valence-electron chi connectivity index (χ3n) is 5.65. The molecule has 0 bridgehead atoms. The van der Waals surface area contributed by atoms with E-state index in [1.807, 2.05) is 32.0 Å². The van der Waals surface area contributed by atoms with Crippen molar-refractivity contribution in [1.29, 1.82) is 0 Å². The quantitative estimate of drug-likeness (QED) is 0.289. The Morgan fingerprint density at radius 3 is 2.08 bits per heavy atom. The number of nitrogens with zero attached hydrogens (tertiary/aromatic N) is 1. The molecule has 0 fully saturated rings. The van der Waals surface area contributed by atoms with Crippen LogP contribution in [0.15, 0.2) is 66.7 Å². The van der Waals surface area contributed by atoms with Crippen LogP contribution in [0.4, 0.5) is 30.7 Å². The molecule has 0 heterocycles. The molecule has 3 aromatic rings. The minimum absolute atomic E-state index is 0.156. The first-order chi connectivity index (χ1) is 17.2. The van der Waals surface area contributed by atoms with Crippen LogP contribution in [-0.2, 0) is 19.3 Å². The highest BCUT2D eigenvalue weighted by Gasteiger charge is 2.39. The molecule has 0 amide bonds. The van der Waals surface area contributed by atoms with E-state index in [4.69, 9.17) is 4.74 Å². The van der Waals surface area contributed by atoms with Crippen LogP contribution in [0.3, 0.4) is 0 Å². The van der Waals surface area contributed by atoms with Crippen molar-refractivity contribution in [2.45, 2.75) is 51.3 Å². The van der Waals surface area contributed by atoms with E-state index in [9.17, 15) is 35.8 Å². The van der Waals surface area contributed by atoms with Crippen molar-refractivity contribution in [2.75, 3.05) is 6.54 Å². The van der Waals surface area contributed by atoms with E-state index in [-0.39, 0.29) is 18.0 Å². The number of rotatable bonds is 9. The molecule has 0 unspecified atom stereocenters. The second kappa shape index (κ2) is 11.5. The summed E-state index contributed by atoms with van der Waals surface area (Å²) < 4.78 is 98.0.